The molecule has 1 aliphatic heterocycles. The third-order valence-corrected chi connectivity index (χ3v) is 4.73. The van der Waals surface area contributed by atoms with E-state index in [1.54, 1.807) is 19.1 Å². The quantitative estimate of drug-likeness (QED) is 0.820. The first-order valence-electron chi connectivity index (χ1n) is 7.38. The molecule has 1 heterocycles. The van der Waals surface area contributed by atoms with Gasteiger partial charge in [0.25, 0.3) is 0 Å². The molecule has 5 heteroatoms. The lowest BCUT2D eigenvalue weighted by molar-refractivity contribution is -0.113. The number of ether oxygens (including phenoxy) is 1. The van der Waals surface area contributed by atoms with Crippen molar-refractivity contribution in [3.05, 3.63) is 40.2 Å². The average molecular weight is 314 g/mol. The summed E-state index contributed by atoms with van der Waals surface area (Å²) in [5, 5.41) is 20.8. The van der Waals surface area contributed by atoms with Crippen LogP contribution in [-0.2, 0) is 10.2 Å². The third-order valence-electron chi connectivity index (χ3n) is 4.73. The molecular formula is C18H18O5. The van der Waals surface area contributed by atoms with Crippen LogP contribution in [0.3, 0.4) is 0 Å². The van der Waals surface area contributed by atoms with Crippen molar-refractivity contribution < 1.29 is 24.5 Å². The molecule has 23 heavy (non-hydrogen) atoms. The smallest absolute Gasteiger partial charge is 0.167 e. The fourth-order valence-corrected chi connectivity index (χ4v) is 3.36. The van der Waals surface area contributed by atoms with Gasteiger partial charge in [-0.3, -0.25) is 9.59 Å². The number of phenolic OH excluding ortho intramolecular Hbond substituents is 2. The van der Waals surface area contributed by atoms with E-state index < -0.39 is 5.41 Å². The summed E-state index contributed by atoms with van der Waals surface area (Å²) in [5.74, 6) is -0.0129. The first kappa shape index (κ1) is 15.3. The maximum atomic E-state index is 12.0. The van der Waals surface area contributed by atoms with Gasteiger partial charge >= 0.3 is 0 Å². The van der Waals surface area contributed by atoms with E-state index in [4.69, 9.17) is 4.74 Å². The molecule has 0 saturated heterocycles. The zero-order valence-corrected chi connectivity index (χ0v) is 13.5. The molecule has 2 N–H and O–H groups in total. The van der Waals surface area contributed by atoms with Crippen molar-refractivity contribution in [1.82, 2.24) is 0 Å². The molecule has 0 radical (unpaired) electrons. The summed E-state index contributed by atoms with van der Waals surface area (Å²) in [6.45, 7) is 6.24. The lowest BCUT2D eigenvalue weighted by Gasteiger charge is -2.28. The molecule has 1 aromatic carbocycles. The highest BCUT2D eigenvalue weighted by Crippen LogP contribution is 2.58. The molecule has 5 nitrogen and oxygen atoms in total. The molecule has 0 bridgehead atoms. The number of Topliss-reactive ketones (excluding diaryl/α,β-unsaturated/α-hetero) is 2. The first-order chi connectivity index (χ1) is 10.7. The lowest BCUT2D eigenvalue weighted by atomic mass is 9.72. The number of rotatable bonds is 2. The van der Waals surface area contributed by atoms with Crippen molar-refractivity contribution >= 4 is 11.6 Å². The number of fused-ring (bicyclic) bond motifs is 3. The molecule has 3 rings (SSSR count). The minimum absolute atomic E-state index is 0.0447. The number of hydrogen-bond acceptors (Lipinski definition) is 5. The van der Waals surface area contributed by atoms with Gasteiger partial charge < -0.3 is 14.9 Å². The summed E-state index contributed by atoms with van der Waals surface area (Å²) in [7, 11) is 0. The summed E-state index contributed by atoms with van der Waals surface area (Å²) in [6, 6.07) is 0. The molecule has 1 aromatic rings. The van der Waals surface area contributed by atoms with Gasteiger partial charge in [0.15, 0.2) is 11.6 Å². The number of aromatic hydroxyl groups is 2. The topological polar surface area (TPSA) is 83.8 Å². The van der Waals surface area contributed by atoms with E-state index in [1.165, 1.54) is 13.8 Å². The molecule has 0 fully saturated rings. The predicted octanol–water partition coefficient (Wildman–Crippen LogP) is 3.06. The Morgan fingerprint density at radius 1 is 1.13 bits per heavy atom. The van der Waals surface area contributed by atoms with E-state index >= 15 is 0 Å². The van der Waals surface area contributed by atoms with Gasteiger partial charge in [0.1, 0.15) is 28.6 Å². The van der Waals surface area contributed by atoms with Gasteiger partial charge in [-0.2, -0.15) is 0 Å². The van der Waals surface area contributed by atoms with Crippen LogP contribution in [0, 0.1) is 6.92 Å². The molecular weight excluding hydrogens is 296 g/mol. The van der Waals surface area contributed by atoms with Gasteiger partial charge in [-0.25, -0.2) is 0 Å². The molecule has 2 aliphatic rings. The average Bonchev–Trinajstić information content (AvgIpc) is 2.76. The Bertz CT molecular complexity index is 829. The fraction of sp³-hybridized carbons (Fsp3) is 0.333. The minimum Gasteiger partial charge on any atom is -0.507 e. The number of allylic oxidation sites excluding steroid dienone is 4. The van der Waals surface area contributed by atoms with Crippen LogP contribution in [0.5, 0.6) is 17.2 Å². The molecule has 0 amide bonds. The maximum Gasteiger partial charge on any atom is 0.167 e. The van der Waals surface area contributed by atoms with Crippen LogP contribution in [-0.4, -0.2) is 21.8 Å². The SMILES string of the molecule is CC(=O)C1=CC=C2Oc3c(C(C)=O)c(O)c(C)c(O)c3C2(C)C1. The molecule has 1 aliphatic carbocycles. The molecule has 0 aromatic heterocycles. The van der Waals surface area contributed by atoms with E-state index in [2.05, 4.69) is 0 Å². The highest BCUT2D eigenvalue weighted by Gasteiger charge is 2.48. The van der Waals surface area contributed by atoms with Crippen molar-refractivity contribution in [3.63, 3.8) is 0 Å². The van der Waals surface area contributed by atoms with E-state index in [0.29, 0.717) is 23.3 Å². The molecule has 0 saturated carbocycles. The van der Waals surface area contributed by atoms with Crippen molar-refractivity contribution in [2.75, 3.05) is 0 Å². The Kier molecular flexibility index (Phi) is 3.15. The van der Waals surface area contributed by atoms with Crippen molar-refractivity contribution in [2.45, 2.75) is 39.5 Å². The second-order valence-electron chi connectivity index (χ2n) is 6.35. The second kappa shape index (κ2) is 4.72. The number of carbonyl (C=O) groups excluding carboxylic acids is 2. The van der Waals surface area contributed by atoms with Gasteiger partial charge in [-0.1, -0.05) is 6.08 Å². The first-order valence-corrected chi connectivity index (χ1v) is 7.38. The maximum absolute atomic E-state index is 12.0. The zero-order valence-electron chi connectivity index (χ0n) is 13.5. The Morgan fingerprint density at radius 3 is 2.35 bits per heavy atom. The molecule has 1 unspecified atom stereocenters. The highest BCUT2D eigenvalue weighted by atomic mass is 16.5. The van der Waals surface area contributed by atoms with Gasteiger partial charge in [0.05, 0.1) is 11.0 Å². The summed E-state index contributed by atoms with van der Waals surface area (Å²) in [4.78, 5) is 23.7. The van der Waals surface area contributed by atoms with E-state index in [0.717, 1.165) is 0 Å². The Hall–Kier alpha value is -2.56. The van der Waals surface area contributed by atoms with Crippen molar-refractivity contribution in [3.8, 4) is 17.2 Å². The summed E-state index contributed by atoms with van der Waals surface area (Å²) in [5.41, 5.74) is 0.645. The fourth-order valence-electron chi connectivity index (χ4n) is 3.36. The number of hydrogen-bond donors (Lipinski definition) is 2. The molecule has 1 atom stereocenters. The minimum atomic E-state index is -0.738. The summed E-state index contributed by atoms with van der Waals surface area (Å²) in [6.07, 6.45) is 3.76. The number of ketones is 2. The Morgan fingerprint density at radius 2 is 1.78 bits per heavy atom. The Balaban J connectivity index is 2.31. The molecule has 120 valence electrons. The van der Waals surface area contributed by atoms with Gasteiger partial charge in [0.2, 0.25) is 0 Å². The van der Waals surface area contributed by atoms with Crippen molar-refractivity contribution in [1.29, 1.82) is 0 Å². The predicted molar refractivity (Wildman–Crippen MR) is 84.0 cm³/mol. The van der Waals surface area contributed by atoms with Crippen molar-refractivity contribution in [2.24, 2.45) is 0 Å². The second-order valence-corrected chi connectivity index (χ2v) is 6.35. The summed E-state index contributed by atoms with van der Waals surface area (Å²) < 4.78 is 5.82. The normalized spacial score (nSPS) is 21.7. The third kappa shape index (κ3) is 1.92. The van der Waals surface area contributed by atoms with Crippen LogP contribution >= 0.6 is 0 Å². The van der Waals surface area contributed by atoms with Crippen LogP contribution in [0.4, 0.5) is 0 Å². The van der Waals surface area contributed by atoms with E-state index in [1.807, 2.05) is 6.92 Å². The standard InChI is InChI=1S/C18H18O5/c1-8-15(21)13(10(3)20)17-14(16(8)22)18(4)7-11(9(2)19)5-6-12(18)23-17/h5-6,21-22H,7H2,1-4H3. The molecule has 0 spiro atoms. The van der Waals surface area contributed by atoms with E-state index in [-0.39, 0.29) is 39.9 Å². The van der Waals surface area contributed by atoms with Gasteiger partial charge in [-0.05, 0) is 45.8 Å². The monoisotopic (exact) mass is 314 g/mol. The van der Waals surface area contributed by atoms with E-state index in [9.17, 15) is 19.8 Å². The van der Waals surface area contributed by atoms with Gasteiger partial charge in [-0.15, -0.1) is 0 Å². The highest BCUT2D eigenvalue weighted by molar-refractivity contribution is 6.02. The van der Waals surface area contributed by atoms with Crippen LogP contribution in [0.25, 0.3) is 0 Å². The lowest BCUT2D eigenvalue weighted by Crippen LogP contribution is -2.26. The van der Waals surface area contributed by atoms with Crippen LogP contribution in [0.2, 0.25) is 0 Å². The van der Waals surface area contributed by atoms with Gasteiger partial charge in [0, 0.05) is 5.56 Å². The van der Waals surface area contributed by atoms with Crippen LogP contribution in [0.15, 0.2) is 23.5 Å². The number of carbonyl (C=O) groups is 2. The van der Waals surface area contributed by atoms with Crippen LogP contribution < -0.4 is 4.74 Å². The number of benzene rings is 1. The number of phenols is 2. The zero-order chi connectivity index (χ0) is 17.1. The largest absolute Gasteiger partial charge is 0.507 e. The summed E-state index contributed by atoms with van der Waals surface area (Å²) >= 11 is 0. The van der Waals surface area contributed by atoms with Crippen LogP contribution in [0.1, 0.15) is 48.7 Å². The Labute approximate surface area is 133 Å².